The molecule has 3 rings (SSSR count). The molecule has 0 saturated heterocycles. The van der Waals surface area contributed by atoms with Crippen LogP contribution >= 0.6 is 0 Å². The van der Waals surface area contributed by atoms with Crippen LogP contribution in [0.2, 0.25) is 0 Å². The first-order valence-corrected chi connectivity index (χ1v) is 4.80. The van der Waals surface area contributed by atoms with Gasteiger partial charge in [0.2, 0.25) is 0 Å². The predicted molar refractivity (Wildman–Crippen MR) is 53.8 cm³/mol. The maximum Gasteiger partial charge on any atom is 0.0704 e. The lowest BCUT2D eigenvalue weighted by molar-refractivity contribution is 0.912. The maximum atomic E-state index is 4.45. The van der Waals surface area contributed by atoms with E-state index >= 15 is 0 Å². The second kappa shape index (κ2) is 2.56. The van der Waals surface area contributed by atoms with E-state index < -0.39 is 0 Å². The molecule has 1 aliphatic carbocycles. The number of rotatable bonds is 0. The zero-order valence-electron chi connectivity index (χ0n) is 7.46. The summed E-state index contributed by atoms with van der Waals surface area (Å²) >= 11 is 0. The van der Waals surface area contributed by atoms with Gasteiger partial charge in [-0.25, -0.2) is 0 Å². The van der Waals surface area contributed by atoms with Gasteiger partial charge in [0.25, 0.3) is 0 Å². The van der Waals surface area contributed by atoms with Gasteiger partial charge in [-0.15, -0.1) is 0 Å². The van der Waals surface area contributed by atoms with E-state index in [4.69, 9.17) is 0 Å². The Labute approximate surface area is 77.4 Å². The van der Waals surface area contributed by atoms with Crippen LogP contribution in [0, 0.1) is 0 Å². The van der Waals surface area contributed by atoms with E-state index in [0.29, 0.717) is 0 Å². The van der Waals surface area contributed by atoms with E-state index in [1.54, 1.807) is 0 Å². The van der Waals surface area contributed by atoms with Crippen molar-refractivity contribution in [2.75, 3.05) is 0 Å². The van der Waals surface area contributed by atoms with Crippen LogP contribution in [-0.2, 0) is 12.8 Å². The van der Waals surface area contributed by atoms with Crippen LogP contribution < -0.4 is 0 Å². The largest absolute Gasteiger partial charge is 0.256 e. The fourth-order valence-corrected chi connectivity index (χ4v) is 2.21. The summed E-state index contributed by atoms with van der Waals surface area (Å²) in [6.07, 6.45) is 5.79. The second-order valence-electron chi connectivity index (χ2n) is 3.63. The number of benzene rings is 1. The molecule has 0 aliphatic heterocycles. The van der Waals surface area contributed by atoms with Gasteiger partial charge in [-0.3, -0.25) is 4.98 Å². The monoisotopic (exact) mass is 169 g/mol. The Morgan fingerprint density at radius 1 is 1.08 bits per heavy atom. The lowest BCUT2D eigenvalue weighted by atomic mass is 10.1. The minimum Gasteiger partial charge on any atom is -0.256 e. The number of hydrogen-bond acceptors (Lipinski definition) is 1. The Morgan fingerprint density at radius 2 is 2.00 bits per heavy atom. The van der Waals surface area contributed by atoms with E-state index in [1.165, 1.54) is 35.8 Å². The first-order chi connectivity index (χ1) is 6.45. The van der Waals surface area contributed by atoms with Crippen LogP contribution in [-0.4, -0.2) is 4.98 Å². The molecule has 1 aromatic heterocycles. The molecule has 0 atom stereocenters. The zero-order chi connectivity index (χ0) is 8.67. The molecule has 0 N–H and O–H groups in total. The summed E-state index contributed by atoms with van der Waals surface area (Å²) < 4.78 is 0. The topological polar surface area (TPSA) is 12.9 Å². The predicted octanol–water partition coefficient (Wildman–Crippen LogP) is 2.72. The molecule has 64 valence electrons. The minimum atomic E-state index is 1.14. The average Bonchev–Trinajstić information content (AvgIpc) is 2.65. The van der Waals surface area contributed by atoms with Crippen molar-refractivity contribution in [2.45, 2.75) is 19.3 Å². The molecule has 0 unspecified atom stereocenters. The highest BCUT2D eigenvalue weighted by molar-refractivity contribution is 5.83. The Balaban J connectivity index is 2.43. The van der Waals surface area contributed by atoms with Crippen molar-refractivity contribution in [3.63, 3.8) is 0 Å². The normalized spacial score (nSPS) is 14.8. The summed E-state index contributed by atoms with van der Waals surface area (Å²) in [7, 11) is 0. The van der Waals surface area contributed by atoms with E-state index in [-0.39, 0.29) is 0 Å². The van der Waals surface area contributed by atoms with Crippen molar-refractivity contribution in [3.8, 4) is 0 Å². The number of aryl methyl sites for hydroxylation is 2. The van der Waals surface area contributed by atoms with E-state index in [9.17, 15) is 0 Å². The maximum absolute atomic E-state index is 4.45. The van der Waals surface area contributed by atoms with Crippen LogP contribution in [0.15, 0.2) is 30.5 Å². The molecule has 0 spiro atoms. The van der Waals surface area contributed by atoms with Crippen LogP contribution in [0.4, 0.5) is 0 Å². The third kappa shape index (κ3) is 0.966. The molecule has 0 radical (unpaired) electrons. The van der Waals surface area contributed by atoms with Crippen molar-refractivity contribution in [3.05, 3.63) is 41.6 Å². The van der Waals surface area contributed by atoms with Crippen molar-refractivity contribution in [1.82, 2.24) is 4.98 Å². The molecule has 1 heteroatoms. The molecule has 13 heavy (non-hydrogen) atoms. The van der Waals surface area contributed by atoms with Gasteiger partial charge in [0, 0.05) is 11.6 Å². The minimum absolute atomic E-state index is 1.14. The highest BCUT2D eigenvalue weighted by Gasteiger charge is 2.13. The third-order valence-corrected chi connectivity index (χ3v) is 2.85. The van der Waals surface area contributed by atoms with E-state index in [1.807, 2.05) is 6.20 Å². The average molecular weight is 169 g/mol. The molecule has 1 aliphatic rings. The van der Waals surface area contributed by atoms with Crippen molar-refractivity contribution in [1.29, 1.82) is 0 Å². The number of hydrogen-bond donors (Lipinski definition) is 0. The summed E-state index contributed by atoms with van der Waals surface area (Å²) in [6, 6.07) is 8.43. The van der Waals surface area contributed by atoms with Gasteiger partial charge in [-0.1, -0.05) is 18.2 Å². The third-order valence-electron chi connectivity index (χ3n) is 2.85. The fraction of sp³-hybridized carbons (Fsp3) is 0.250. The molecular formula is C12H11N. The standard InChI is InChI=1S/C12H11N/c1-2-7-12-11(5-1)10-6-3-4-9(10)8-13-12/h1-2,5,7-8H,3-4,6H2. The first-order valence-electron chi connectivity index (χ1n) is 4.80. The molecule has 2 aromatic rings. The summed E-state index contributed by atoms with van der Waals surface area (Å²) in [5.41, 5.74) is 4.13. The molecule has 0 saturated carbocycles. The molecule has 0 amide bonds. The first kappa shape index (κ1) is 7.07. The Hall–Kier alpha value is -1.37. The van der Waals surface area contributed by atoms with Crippen LogP contribution in [0.25, 0.3) is 10.9 Å². The summed E-state index contributed by atoms with van der Waals surface area (Å²) in [5, 5.41) is 1.36. The molecule has 1 nitrogen and oxygen atoms in total. The Kier molecular flexibility index (Phi) is 1.39. The molecule has 0 bridgehead atoms. The highest BCUT2D eigenvalue weighted by atomic mass is 14.7. The number of nitrogens with zero attached hydrogens (tertiary/aromatic N) is 1. The number of aromatic nitrogens is 1. The van der Waals surface area contributed by atoms with Crippen LogP contribution in [0.1, 0.15) is 17.5 Å². The van der Waals surface area contributed by atoms with E-state index in [0.717, 1.165) is 5.52 Å². The quantitative estimate of drug-likeness (QED) is 0.591. The van der Waals surface area contributed by atoms with Gasteiger partial charge in [0.15, 0.2) is 0 Å². The molecule has 1 heterocycles. The van der Waals surface area contributed by atoms with Crippen LogP contribution in [0.5, 0.6) is 0 Å². The van der Waals surface area contributed by atoms with Gasteiger partial charge < -0.3 is 0 Å². The summed E-state index contributed by atoms with van der Waals surface area (Å²) in [5.74, 6) is 0. The van der Waals surface area contributed by atoms with E-state index in [2.05, 4.69) is 29.2 Å². The van der Waals surface area contributed by atoms with Gasteiger partial charge in [-0.05, 0) is 36.5 Å². The number of fused-ring (bicyclic) bond motifs is 3. The van der Waals surface area contributed by atoms with Gasteiger partial charge in [0.05, 0.1) is 5.52 Å². The Bertz CT molecular complexity index is 460. The Morgan fingerprint density at radius 3 is 3.00 bits per heavy atom. The van der Waals surface area contributed by atoms with Crippen molar-refractivity contribution in [2.24, 2.45) is 0 Å². The molecule has 1 aromatic carbocycles. The number of para-hydroxylation sites is 1. The van der Waals surface area contributed by atoms with Gasteiger partial charge in [0.1, 0.15) is 0 Å². The van der Waals surface area contributed by atoms with Crippen molar-refractivity contribution >= 4 is 10.9 Å². The fourth-order valence-electron chi connectivity index (χ4n) is 2.21. The lowest BCUT2D eigenvalue weighted by Gasteiger charge is -2.02. The molecule has 0 fully saturated rings. The van der Waals surface area contributed by atoms with Crippen molar-refractivity contribution < 1.29 is 0 Å². The van der Waals surface area contributed by atoms with Gasteiger partial charge in [-0.2, -0.15) is 0 Å². The second-order valence-corrected chi connectivity index (χ2v) is 3.63. The van der Waals surface area contributed by atoms with Crippen LogP contribution in [0.3, 0.4) is 0 Å². The zero-order valence-corrected chi connectivity index (χ0v) is 7.46. The highest BCUT2D eigenvalue weighted by Crippen LogP contribution is 2.27. The summed E-state index contributed by atoms with van der Waals surface area (Å²) in [6.45, 7) is 0. The lowest BCUT2D eigenvalue weighted by Crippen LogP contribution is -1.87. The molecular weight excluding hydrogens is 158 g/mol. The number of pyridine rings is 1. The SMILES string of the molecule is c1ccc2c3c(cnc2c1)CCC3. The summed E-state index contributed by atoms with van der Waals surface area (Å²) in [4.78, 5) is 4.45. The van der Waals surface area contributed by atoms with Gasteiger partial charge >= 0.3 is 0 Å². The smallest absolute Gasteiger partial charge is 0.0704 e.